The van der Waals surface area contributed by atoms with Gasteiger partial charge >= 0.3 is 18.0 Å². The van der Waals surface area contributed by atoms with Crippen molar-refractivity contribution >= 4 is 26.3 Å². The average Bonchev–Trinajstić information content (AvgIpc) is 2.88. The summed E-state index contributed by atoms with van der Waals surface area (Å²) in [5, 5.41) is -0.108. The fourth-order valence-corrected chi connectivity index (χ4v) is 4.79. The standard InChI is InChI=1S/C25H41NO7Si/c1-12-30-20(27)16(2)31-21(28)19-17-13-14-25(9,26(17)22(29)32-23(3,4)5)15-18(19)33-34(10,11)24(6,7)8/h13-14,16-17H,12,15H2,1-11H3/t16-,17+,25-/m0/s1. The van der Waals surface area contributed by atoms with Crippen LogP contribution in [-0.4, -0.2) is 61.1 Å². The average molecular weight is 496 g/mol. The van der Waals surface area contributed by atoms with Gasteiger partial charge in [0.2, 0.25) is 8.32 Å². The highest BCUT2D eigenvalue weighted by molar-refractivity contribution is 6.74. The van der Waals surface area contributed by atoms with Crippen LogP contribution in [-0.2, 0) is 28.2 Å². The number of rotatable bonds is 6. The van der Waals surface area contributed by atoms with Gasteiger partial charge in [0.25, 0.3) is 0 Å². The smallest absolute Gasteiger partial charge is 0.411 e. The van der Waals surface area contributed by atoms with Gasteiger partial charge in [0.15, 0.2) is 6.10 Å². The molecule has 3 atom stereocenters. The van der Waals surface area contributed by atoms with Crippen molar-refractivity contribution in [1.82, 2.24) is 4.90 Å². The first-order valence-electron chi connectivity index (χ1n) is 11.8. The highest BCUT2D eigenvalue weighted by Gasteiger charge is 2.54. The first kappa shape index (κ1) is 27.9. The highest BCUT2D eigenvalue weighted by atomic mass is 28.4. The normalized spacial score (nSPS) is 23.5. The topological polar surface area (TPSA) is 91.4 Å². The zero-order valence-electron chi connectivity index (χ0n) is 22.5. The van der Waals surface area contributed by atoms with E-state index in [4.69, 9.17) is 18.6 Å². The quantitative estimate of drug-likeness (QED) is 0.219. The van der Waals surface area contributed by atoms with Gasteiger partial charge in [-0.3, -0.25) is 4.90 Å². The van der Waals surface area contributed by atoms with Crippen LogP contribution in [0, 0.1) is 0 Å². The predicted octanol–water partition coefficient (Wildman–Crippen LogP) is 5.10. The minimum absolute atomic E-state index is 0.108. The van der Waals surface area contributed by atoms with Crippen LogP contribution in [0.4, 0.5) is 4.79 Å². The Hall–Kier alpha value is -2.29. The third-order valence-electron chi connectivity index (χ3n) is 6.48. The monoisotopic (exact) mass is 495 g/mol. The summed E-state index contributed by atoms with van der Waals surface area (Å²) in [4.78, 5) is 40.3. The summed E-state index contributed by atoms with van der Waals surface area (Å²) in [6, 6.07) is -0.727. The van der Waals surface area contributed by atoms with Crippen molar-refractivity contribution in [2.24, 2.45) is 0 Å². The number of nitrogens with zero attached hydrogens (tertiary/aromatic N) is 1. The molecule has 192 valence electrons. The molecule has 8 nitrogen and oxygen atoms in total. The number of hydrogen-bond donors (Lipinski definition) is 0. The van der Waals surface area contributed by atoms with Crippen molar-refractivity contribution in [2.75, 3.05) is 6.61 Å². The Morgan fingerprint density at radius 3 is 2.26 bits per heavy atom. The summed E-state index contributed by atoms with van der Waals surface area (Å²) < 4.78 is 22.8. The largest absolute Gasteiger partial charge is 0.546 e. The van der Waals surface area contributed by atoms with E-state index in [0.717, 1.165) is 0 Å². The lowest BCUT2D eigenvalue weighted by Gasteiger charge is -2.46. The van der Waals surface area contributed by atoms with Crippen LogP contribution in [0.15, 0.2) is 23.5 Å². The molecule has 0 saturated carbocycles. The molecule has 0 fully saturated rings. The van der Waals surface area contributed by atoms with Crippen LogP contribution < -0.4 is 0 Å². The van der Waals surface area contributed by atoms with Gasteiger partial charge in [-0.15, -0.1) is 0 Å². The van der Waals surface area contributed by atoms with E-state index in [1.807, 2.05) is 13.0 Å². The number of carbonyl (C=O) groups excluding carboxylic acids is 3. The van der Waals surface area contributed by atoms with Crippen molar-refractivity contribution in [3.8, 4) is 0 Å². The minimum Gasteiger partial charge on any atom is -0.546 e. The van der Waals surface area contributed by atoms with Crippen LogP contribution in [0.5, 0.6) is 0 Å². The van der Waals surface area contributed by atoms with Crippen molar-refractivity contribution < 1.29 is 33.0 Å². The minimum atomic E-state index is -2.33. The third kappa shape index (κ3) is 5.85. The highest BCUT2D eigenvalue weighted by Crippen LogP contribution is 2.47. The molecular weight excluding hydrogens is 454 g/mol. The number of hydrogen-bond acceptors (Lipinski definition) is 7. The summed E-state index contributed by atoms with van der Waals surface area (Å²) in [5.41, 5.74) is -1.20. The second kappa shape index (κ2) is 9.39. The van der Waals surface area contributed by atoms with Crippen LogP contribution in [0.3, 0.4) is 0 Å². The van der Waals surface area contributed by atoms with E-state index < -0.39 is 49.6 Å². The summed E-state index contributed by atoms with van der Waals surface area (Å²) in [6.45, 7) is 21.2. The molecule has 1 amide bonds. The maximum absolute atomic E-state index is 13.4. The molecular formula is C25H41NO7Si. The van der Waals surface area contributed by atoms with Gasteiger partial charge in [-0.1, -0.05) is 32.9 Å². The summed E-state index contributed by atoms with van der Waals surface area (Å²) in [5.74, 6) is -0.832. The molecule has 0 aromatic heterocycles. The summed E-state index contributed by atoms with van der Waals surface area (Å²) in [6.07, 6.45) is 2.38. The van der Waals surface area contributed by atoms with Gasteiger partial charge in [0, 0.05) is 6.42 Å². The van der Waals surface area contributed by atoms with Crippen LogP contribution in [0.1, 0.15) is 68.7 Å². The van der Waals surface area contributed by atoms with E-state index in [2.05, 4.69) is 33.9 Å². The van der Waals surface area contributed by atoms with Gasteiger partial charge in [0.05, 0.1) is 29.5 Å². The first-order chi connectivity index (χ1) is 15.3. The molecule has 2 bridgehead atoms. The van der Waals surface area contributed by atoms with Crippen LogP contribution in [0.25, 0.3) is 0 Å². The van der Waals surface area contributed by atoms with Crippen molar-refractivity contribution in [2.45, 2.75) is 110 Å². The van der Waals surface area contributed by atoms with Gasteiger partial charge < -0.3 is 18.6 Å². The molecule has 0 aromatic rings. The predicted molar refractivity (Wildman–Crippen MR) is 132 cm³/mol. The van der Waals surface area contributed by atoms with Gasteiger partial charge in [0.1, 0.15) is 5.60 Å². The Morgan fingerprint density at radius 1 is 1.18 bits per heavy atom. The van der Waals surface area contributed by atoms with Gasteiger partial charge in [-0.2, -0.15) is 0 Å². The van der Waals surface area contributed by atoms with Gasteiger partial charge in [-0.05, 0) is 59.7 Å². The van der Waals surface area contributed by atoms with Gasteiger partial charge in [-0.25, -0.2) is 14.4 Å². The SMILES string of the molecule is CCOC(=O)[C@H](C)OC(=O)C1=C(O[Si](C)(C)C(C)(C)C)C[C@]2(C)C=C[C@H]1N2C(=O)OC(C)(C)C. The number of fused-ring (bicyclic) bond motifs is 2. The number of esters is 2. The molecule has 2 heterocycles. The van der Waals surface area contributed by atoms with Crippen molar-refractivity contribution in [3.05, 3.63) is 23.5 Å². The van der Waals surface area contributed by atoms with E-state index in [1.165, 1.54) is 6.92 Å². The molecule has 34 heavy (non-hydrogen) atoms. The Kier molecular flexibility index (Phi) is 7.72. The molecule has 2 aliphatic rings. The van der Waals surface area contributed by atoms with E-state index >= 15 is 0 Å². The molecule has 0 N–H and O–H groups in total. The maximum Gasteiger partial charge on any atom is 0.411 e. The second-order valence-corrected chi connectivity index (χ2v) is 16.4. The third-order valence-corrected chi connectivity index (χ3v) is 10.8. The summed E-state index contributed by atoms with van der Waals surface area (Å²) >= 11 is 0. The molecule has 2 rings (SSSR count). The lowest BCUT2D eigenvalue weighted by Crippen LogP contribution is -2.56. The lowest BCUT2D eigenvalue weighted by atomic mass is 9.90. The lowest BCUT2D eigenvalue weighted by molar-refractivity contribution is -0.164. The van der Waals surface area contributed by atoms with E-state index in [-0.39, 0.29) is 17.2 Å². The molecule has 0 saturated heterocycles. The van der Waals surface area contributed by atoms with E-state index in [0.29, 0.717) is 12.2 Å². The number of carbonyl (C=O) groups is 3. The second-order valence-electron chi connectivity index (χ2n) is 11.7. The number of ether oxygens (including phenoxy) is 3. The fourth-order valence-electron chi connectivity index (χ4n) is 3.69. The molecule has 9 heteroatoms. The van der Waals surface area contributed by atoms with Crippen molar-refractivity contribution in [3.63, 3.8) is 0 Å². The Morgan fingerprint density at radius 2 is 1.76 bits per heavy atom. The zero-order valence-corrected chi connectivity index (χ0v) is 23.5. The number of amides is 1. The van der Waals surface area contributed by atoms with Crippen LogP contribution >= 0.6 is 0 Å². The molecule has 2 aliphatic heterocycles. The summed E-state index contributed by atoms with van der Waals surface area (Å²) in [7, 11) is -2.33. The van der Waals surface area contributed by atoms with Crippen molar-refractivity contribution in [1.29, 1.82) is 0 Å². The molecule has 0 aromatic carbocycles. The van der Waals surface area contributed by atoms with E-state index in [9.17, 15) is 14.4 Å². The fraction of sp³-hybridized carbons (Fsp3) is 0.720. The maximum atomic E-state index is 13.4. The molecule has 0 radical (unpaired) electrons. The van der Waals surface area contributed by atoms with Crippen LogP contribution in [0.2, 0.25) is 18.1 Å². The van der Waals surface area contributed by atoms with E-state index in [1.54, 1.807) is 38.7 Å². The molecule has 0 unspecified atom stereocenters. The zero-order chi connectivity index (χ0) is 26.3. The Balaban J connectivity index is 2.53. The Bertz CT molecular complexity index is 894. The molecule has 0 aliphatic carbocycles. The first-order valence-corrected chi connectivity index (χ1v) is 14.7. The Labute approximate surface area is 204 Å². The molecule has 0 spiro atoms.